The Morgan fingerprint density at radius 1 is 0.970 bits per heavy atom. The molecular formula is C25H28N2O5S. The maximum absolute atomic E-state index is 13.2. The Kier molecular flexibility index (Phi) is 7.60. The minimum Gasteiger partial charge on any atom is -0.497 e. The maximum Gasteiger partial charge on any atom is 0.241 e. The van der Waals surface area contributed by atoms with Crippen molar-refractivity contribution in [3.05, 3.63) is 89.5 Å². The molecule has 0 unspecified atom stereocenters. The van der Waals surface area contributed by atoms with Crippen molar-refractivity contribution in [2.24, 2.45) is 0 Å². The summed E-state index contributed by atoms with van der Waals surface area (Å²) in [6, 6.07) is 21.7. The van der Waals surface area contributed by atoms with Gasteiger partial charge in [0.15, 0.2) is 0 Å². The van der Waals surface area contributed by atoms with Crippen molar-refractivity contribution < 1.29 is 22.7 Å². The fourth-order valence-corrected chi connectivity index (χ4v) is 4.47. The SMILES string of the molecule is COc1ccc(N(CC(=O)N[C@H](c2ccccc2)c2ccccc2C)S(C)(=O)=O)c(OC)c1. The molecule has 1 N–H and O–H groups in total. The lowest BCUT2D eigenvalue weighted by Gasteiger charge is -2.26. The summed E-state index contributed by atoms with van der Waals surface area (Å²) < 4.78 is 36.8. The number of aryl methyl sites for hydroxylation is 1. The fourth-order valence-electron chi connectivity index (χ4n) is 3.61. The molecule has 0 radical (unpaired) electrons. The number of hydrogen-bond donors (Lipinski definition) is 1. The molecule has 0 aliphatic carbocycles. The van der Waals surface area contributed by atoms with E-state index in [-0.39, 0.29) is 11.4 Å². The number of hydrogen-bond acceptors (Lipinski definition) is 5. The minimum absolute atomic E-state index is 0.253. The Balaban J connectivity index is 1.94. The van der Waals surface area contributed by atoms with Crippen LogP contribution in [0.5, 0.6) is 11.5 Å². The molecule has 33 heavy (non-hydrogen) atoms. The number of amides is 1. The molecule has 1 amide bonds. The first kappa shape index (κ1) is 24.1. The first-order valence-electron chi connectivity index (χ1n) is 10.3. The number of benzene rings is 3. The molecule has 7 nitrogen and oxygen atoms in total. The molecule has 0 aromatic heterocycles. The standard InChI is InChI=1S/C25H28N2O5S/c1-18-10-8-9-13-21(18)25(19-11-6-5-7-12-19)26-24(28)17-27(33(4,29)30)22-15-14-20(31-2)16-23(22)32-3/h5-16,25H,17H2,1-4H3,(H,26,28)/t25-/m1/s1. The van der Waals surface area contributed by atoms with Crippen LogP contribution >= 0.6 is 0 Å². The van der Waals surface area contributed by atoms with E-state index < -0.39 is 28.5 Å². The van der Waals surface area contributed by atoms with Gasteiger partial charge in [-0.3, -0.25) is 9.10 Å². The number of carbonyl (C=O) groups is 1. The summed E-state index contributed by atoms with van der Waals surface area (Å²) in [5.74, 6) is 0.346. The number of rotatable bonds is 9. The Hall–Kier alpha value is -3.52. The van der Waals surface area contributed by atoms with Gasteiger partial charge in [-0.2, -0.15) is 0 Å². The molecule has 174 valence electrons. The highest BCUT2D eigenvalue weighted by atomic mass is 32.2. The van der Waals surface area contributed by atoms with Crippen LogP contribution in [0.1, 0.15) is 22.7 Å². The van der Waals surface area contributed by atoms with E-state index >= 15 is 0 Å². The topological polar surface area (TPSA) is 84.9 Å². The summed E-state index contributed by atoms with van der Waals surface area (Å²) in [5.41, 5.74) is 3.10. The van der Waals surface area contributed by atoms with E-state index in [2.05, 4.69) is 5.32 Å². The third-order valence-electron chi connectivity index (χ3n) is 5.28. The van der Waals surface area contributed by atoms with Gasteiger partial charge in [0.05, 0.1) is 32.2 Å². The highest BCUT2D eigenvalue weighted by molar-refractivity contribution is 7.92. The van der Waals surface area contributed by atoms with E-state index in [1.807, 2.05) is 61.5 Å². The Morgan fingerprint density at radius 3 is 2.24 bits per heavy atom. The Bertz CT molecular complexity index is 1210. The quantitative estimate of drug-likeness (QED) is 0.518. The van der Waals surface area contributed by atoms with Gasteiger partial charge in [-0.05, 0) is 35.7 Å². The molecule has 3 aromatic carbocycles. The molecule has 3 rings (SSSR count). The summed E-state index contributed by atoms with van der Waals surface area (Å²) in [6.45, 7) is 1.57. The molecule has 0 aliphatic rings. The Morgan fingerprint density at radius 2 is 1.64 bits per heavy atom. The first-order chi connectivity index (χ1) is 15.7. The molecule has 0 fully saturated rings. The highest BCUT2D eigenvalue weighted by Gasteiger charge is 2.26. The monoisotopic (exact) mass is 468 g/mol. The van der Waals surface area contributed by atoms with Crippen LogP contribution in [-0.4, -0.2) is 41.3 Å². The van der Waals surface area contributed by atoms with E-state index in [0.29, 0.717) is 5.75 Å². The van der Waals surface area contributed by atoms with Gasteiger partial charge in [0.1, 0.15) is 18.0 Å². The van der Waals surface area contributed by atoms with E-state index in [1.54, 1.807) is 18.2 Å². The van der Waals surface area contributed by atoms with Crippen LogP contribution in [0.2, 0.25) is 0 Å². The summed E-state index contributed by atoms with van der Waals surface area (Å²) >= 11 is 0. The van der Waals surface area contributed by atoms with E-state index in [4.69, 9.17) is 9.47 Å². The molecule has 0 saturated heterocycles. The zero-order chi connectivity index (χ0) is 24.0. The van der Waals surface area contributed by atoms with Crippen LogP contribution < -0.4 is 19.1 Å². The van der Waals surface area contributed by atoms with Gasteiger partial charge in [0.2, 0.25) is 15.9 Å². The van der Waals surface area contributed by atoms with Crippen molar-refractivity contribution >= 4 is 21.6 Å². The van der Waals surface area contributed by atoms with E-state index in [0.717, 1.165) is 27.3 Å². The highest BCUT2D eigenvalue weighted by Crippen LogP contribution is 2.33. The van der Waals surface area contributed by atoms with Crippen molar-refractivity contribution in [1.29, 1.82) is 0 Å². The van der Waals surface area contributed by atoms with Gasteiger partial charge in [-0.1, -0.05) is 54.6 Å². The zero-order valence-corrected chi connectivity index (χ0v) is 19.9. The average molecular weight is 469 g/mol. The molecule has 8 heteroatoms. The van der Waals surface area contributed by atoms with Crippen LogP contribution in [0.4, 0.5) is 5.69 Å². The fraction of sp³-hybridized carbons (Fsp3) is 0.240. The second-order valence-electron chi connectivity index (χ2n) is 7.58. The second-order valence-corrected chi connectivity index (χ2v) is 9.48. The van der Waals surface area contributed by atoms with Crippen molar-refractivity contribution in [1.82, 2.24) is 5.32 Å². The number of nitrogens with zero attached hydrogens (tertiary/aromatic N) is 1. The number of anilines is 1. The number of carbonyl (C=O) groups excluding carboxylic acids is 1. The molecular weight excluding hydrogens is 440 g/mol. The Labute approximate surface area is 195 Å². The van der Waals surface area contributed by atoms with Crippen LogP contribution in [0.25, 0.3) is 0 Å². The van der Waals surface area contributed by atoms with Crippen LogP contribution in [-0.2, 0) is 14.8 Å². The summed E-state index contributed by atoms with van der Waals surface area (Å²) in [4.78, 5) is 13.2. The van der Waals surface area contributed by atoms with Crippen molar-refractivity contribution in [3.8, 4) is 11.5 Å². The van der Waals surface area contributed by atoms with Gasteiger partial charge in [-0.25, -0.2) is 8.42 Å². The third kappa shape index (κ3) is 5.84. The predicted molar refractivity (Wildman–Crippen MR) is 129 cm³/mol. The second kappa shape index (κ2) is 10.4. The van der Waals surface area contributed by atoms with Crippen molar-refractivity contribution in [2.75, 3.05) is 31.3 Å². The first-order valence-corrected chi connectivity index (χ1v) is 12.2. The number of sulfonamides is 1. The average Bonchev–Trinajstić information content (AvgIpc) is 2.81. The molecule has 0 spiro atoms. The lowest BCUT2D eigenvalue weighted by molar-refractivity contribution is -0.120. The van der Waals surface area contributed by atoms with Crippen molar-refractivity contribution in [3.63, 3.8) is 0 Å². The van der Waals surface area contributed by atoms with Gasteiger partial charge < -0.3 is 14.8 Å². The summed E-state index contributed by atoms with van der Waals surface area (Å²) in [6.07, 6.45) is 1.06. The van der Waals surface area contributed by atoms with Crippen molar-refractivity contribution in [2.45, 2.75) is 13.0 Å². The maximum atomic E-state index is 13.2. The summed E-state index contributed by atoms with van der Waals surface area (Å²) in [7, 11) is -0.848. The van der Waals surface area contributed by atoms with E-state index in [9.17, 15) is 13.2 Å². The molecule has 0 bridgehead atoms. The summed E-state index contributed by atoms with van der Waals surface area (Å²) in [5, 5.41) is 3.01. The molecule has 0 aliphatic heterocycles. The normalized spacial score (nSPS) is 12.0. The lowest BCUT2D eigenvalue weighted by atomic mass is 9.95. The molecule has 3 aromatic rings. The van der Waals surface area contributed by atoms with E-state index in [1.165, 1.54) is 14.2 Å². The lowest BCUT2D eigenvalue weighted by Crippen LogP contribution is -2.42. The smallest absolute Gasteiger partial charge is 0.241 e. The van der Waals surface area contributed by atoms with Crippen LogP contribution in [0.15, 0.2) is 72.8 Å². The molecule has 1 atom stereocenters. The van der Waals surface area contributed by atoms with Gasteiger partial charge in [-0.15, -0.1) is 0 Å². The molecule has 0 saturated carbocycles. The van der Waals surface area contributed by atoms with Gasteiger partial charge in [0, 0.05) is 6.07 Å². The predicted octanol–water partition coefficient (Wildman–Crippen LogP) is 3.68. The van der Waals surface area contributed by atoms with Gasteiger partial charge >= 0.3 is 0 Å². The van der Waals surface area contributed by atoms with Crippen LogP contribution in [0, 0.1) is 6.92 Å². The number of nitrogens with one attached hydrogen (secondary N) is 1. The zero-order valence-electron chi connectivity index (χ0n) is 19.1. The van der Waals surface area contributed by atoms with Gasteiger partial charge in [0.25, 0.3) is 0 Å². The minimum atomic E-state index is -3.79. The third-order valence-corrected chi connectivity index (χ3v) is 6.41. The number of methoxy groups -OCH3 is 2. The number of ether oxygens (including phenoxy) is 2. The molecule has 0 heterocycles. The van der Waals surface area contributed by atoms with Crippen LogP contribution in [0.3, 0.4) is 0 Å². The largest absolute Gasteiger partial charge is 0.497 e.